The van der Waals surface area contributed by atoms with E-state index < -0.39 is 5.54 Å². The zero-order valence-corrected chi connectivity index (χ0v) is 10.5. The highest BCUT2D eigenvalue weighted by molar-refractivity contribution is 7.16. The van der Waals surface area contributed by atoms with Crippen LogP contribution in [0, 0.1) is 0 Å². The lowest BCUT2D eigenvalue weighted by molar-refractivity contribution is 0.234. The number of aromatic nitrogens is 2. The molecule has 5 N–H and O–H groups in total. The van der Waals surface area contributed by atoms with E-state index in [-0.39, 0.29) is 6.61 Å². The Morgan fingerprint density at radius 2 is 2.24 bits per heavy atom. The average molecular weight is 253 g/mol. The van der Waals surface area contributed by atoms with Gasteiger partial charge in [-0.1, -0.05) is 0 Å². The quantitative estimate of drug-likeness (QED) is 0.482. The van der Waals surface area contributed by atoms with Gasteiger partial charge in [0.05, 0.1) is 17.5 Å². The minimum atomic E-state index is -0.449. The lowest BCUT2D eigenvalue weighted by atomic mass is 10.1. The number of nitrogens with one attached hydrogen (secondary N) is 2. The standard InChI is InChI=1S/C10H15N5OS/c1-10(2,5-16)14-7-6-3-4-17-8(6)13-9(12-7)15-11/h3-4,16H,5,11H2,1-2H3,(H2,12,13,14,15). The van der Waals surface area contributed by atoms with Gasteiger partial charge < -0.3 is 10.4 Å². The maximum atomic E-state index is 9.26. The van der Waals surface area contributed by atoms with Crippen LogP contribution >= 0.6 is 11.3 Å². The first-order chi connectivity index (χ1) is 8.05. The minimum absolute atomic E-state index is 0.00796. The molecule has 0 aromatic carbocycles. The number of fused-ring (bicyclic) bond motifs is 1. The summed E-state index contributed by atoms with van der Waals surface area (Å²) in [6.07, 6.45) is 0. The molecule has 0 saturated carbocycles. The molecule has 17 heavy (non-hydrogen) atoms. The van der Waals surface area contributed by atoms with Gasteiger partial charge in [0, 0.05) is 0 Å². The fourth-order valence-corrected chi connectivity index (χ4v) is 2.14. The molecule has 2 heterocycles. The number of nitrogens with two attached hydrogens (primary N) is 1. The Morgan fingerprint density at radius 3 is 2.88 bits per heavy atom. The molecule has 6 nitrogen and oxygen atoms in total. The first-order valence-electron chi connectivity index (χ1n) is 5.16. The van der Waals surface area contributed by atoms with Gasteiger partial charge in [-0.15, -0.1) is 11.3 Å². The van der Waals surface area contributed by atoms with Crippen molar-refractivity contribution in [1.29, 1.82) is 0 Å². The van der Waals surface area contributed by atoms with Gasteiger partial charge in [0.2, 0.25) is 5.95 Å². The fraction of sp³-hybridized carbons (Fsp3) is 0.400. The van der Waals surface area contributed by atoms with Gasteiger partial charge >= 0.3 is 0 Å². The third-order valence-corrected chi connectivity index (χ3v) is 3.11. The third-order valence-electron chi connectivity index (χ3n) is 2.31. The molecule has 2 aromatic rings. The van der Waals surface area contributed by atoms with Crippen LogP contribution in [0.25, 0.3) is 10.2 Å². The number of nitrogen functional groups attached to an aromatic ring is 1. The zero-order chi connectivity index (χ0) is 12.5. The summed E-state index contributed by atoms with van der Waals surface area (Å²) in [6.45, 7) is 3.79. The number of rotatable bonds is 4. The monoisotopic (exact) mass is 253 g/mol. The molecule has 92 valence electrons. The maximum absolute atomic E-state index is 9.26. The predicted molar refractivity (Wildman–Crippen MR) is 70.0 cm³/mol. The van der Waals surface area contributed by atoms with E-state index in [0.717, 1.165) is 10.2 Å². The molecule has 0 unspecified atom stereocenters. The van der Waals surface area contributed by atoms with Gasteiger partial charge in [-0.05, 0) is 25.3 Å². The summed E-state index contributed by atoms with van der Waals surface area (Å²) in [4.78, 5) is 9.35. The number of hydrogen-bond acceptors (Lipinski definition) is 7. The lowest BCUT2D eigenvalue weighted by Crippen LogP contribution is -2.35. The van der Waals surface area contributed by atoms with Crippen LogP contribution in [0.1, 0.15) is 13.8 Å². The van der Waals surface area contributed by atoms with Crippen LogP contribution in [0.4, 0.5) is 11.8 Å². The number of aliphatic hydroxyl groups excluding tert-OH is 1. The van der Waals surface area contributed by atoms with Crippen molar-refractivity contribution in [3.63, 3.8) is 0 Å². The fourth-order valence-electron chi connectivity index (χ4n) is 1.38. The average Bonchev–Trinajstić information content (AvgIpc) is 2.76. The van der Waals surface area contributed by atoms with Gasteiger partial charge in [0.25, 0.3) is 0 Å². The highest BCUT2D eigenvalue weighted by atomic mass is 32.1. The van der Waals surface area contributed by atoms with Gasteiger partial charge in [0.15, 0.2) is 0 Å². The van der Waals surface area contributed by atoms with E-state index in [1.807, 2.05) is 25.3 Å². The molecular weight excluding hydrogens is 238 g/mol. The van der Waals surface area contributed by atoms with Crippen LogP contribution in [-0.4, -0.2) is 27.2 Å². The molecule has 0 radical (unpaired) electrons. The maximum Gasteiger partial charge on any atom is 0.240 e. The summed E-state index contributed by atoms with van der Waals surface area (Å²) in [5, 5.41) is 15.3. The highest BCUT2D eigenvalue weighted by Crippen LogP contribution is 2.27. The van der Waals surface area contributed by atoms with Crippen LogP contribution in [0.5, 0.6) is 0 Å². The number of thiophene rings is 1. The van der Waals surface area contributed by atoms with E-state index in [1.165, 1.54) is 11.3 Å². The van der Waals surface area contributed by atoms with Crippen LogP contribution < -0.4 is 16.6 Å². The molecule has 0 aliphatic rings. The third kappa shape index (κ3) is 2.46. The Morgan fingerprint density at radius 1 is 1.47 bits per heavy atom. The molecule has 0 aliphatic heterocycles. The molecule has 0 spiro atoms. The summed E-state index contributed by atoms with van der Waals surface area (Å²) in [5.74, 6) is 6.35. The van der Waals surface area contributed by atoms with E-state index in [2.05, 4.69) is 20.7 Å². The van der Waals surface area contributed by atoms with Crippen molar-refractivity contribution in [2.24, 2.45) is 5.84 Å². The molecule has 7 heteroatoms. The Labute approximate surface area is 103 Å². The van der Waals surface area contributed by atoms with Crippen LogP contribution in [0.3, 0.4) is 0 Å². The van der Waals surface area contributed by atoms with Crippen molar-refractivity contribution in [1.82, 2.24) is 9.97 Å². The van der Waals surface area contributed by atoms with E-state index in [9.17, 15) is 5.11 Å². The Kier molecular flexibility index (Phi) is 3.14. The number of anilines is 2. The number of aliphatic hydroxyl groups is 1. The molecule has 0 bridgehead atoms. The van der Waals surface area contributed by atoms with E-state index >= 15 is 0 Å². The Bertz CT molecular complexity index is 524. The second kappa shape index (κ2) is 4.44. The Balaban J connectivity index is 2.47. The molecule has 2 aromatic heterocycles. The topological polar surface area (TPSA) is 96.1 Å². The zero-order valence-electron chi connectivity index (χ0n) is 9.69. The van der Waals surface area contributed by atoms with E-state index in [1.54, 1.807) is 0 Å². The van der Waals surface area contributed by atoms with Crippen LogP contribution in [0.15, 0.2) is 11.4 Å². The first-order valence-corrected chi connectivity index (χ1v) is 6.04. The summed E-state index contributed by atoms with van der Waals surface area (Å²) in [5.41, 5.74) is 1.99. The molecule has 2 rings (SSSR count). The minimum Gasteiger partial charge on any atom is -0.394 e. The van der Waals surface area contributed by atoms with Gasteiger partial charge in [-0.3, -0.25) is 5.43 Å². The van der Waals surface area contributed by atoms with Crippen LogP contribution in [0.2, 0.25) is 0 Å². The first kappa shape index (κ1) is 12.0. The van der Waals surface area contributed by atoms with Crippen molar-refractivity contribution in [2.75, 3.05) is 17.3 Å². The van der Waals surface area contributed by atoms with Gasteiger partial charge in [-0.2, -0.15) is 4.98 Å². The normalized spacial score (nSPS) is 11.8. The smallest absolute Gasteiger partial charge is 0.240 e. The molecular formula is C10H15N5OS. The largest absolute Gasteiger partial charge is 0.394 e. The predicted octanol–water partition coefficient (Wildman–Crippen LogP) is 1.16. The molecule has 0 atom stereocenters. The van der Waals surface area contributed by atoms with E-state index in [0.29, 0.717) is 11.8 Å². The molecule has 0 amide bonds. The second-order valence-corrected chi connectivity index (χ2v) is 5.24. The molecule has 0 aliphatic carbocycles. The second-order valence-electron chi connectivity index (χ2n) is 4.35. The molecule has 0 fully saturated rings. The summed E-state index contributed by atoms with van der Waals surface area (Å²) >= 11 is 1.52. The van der Waals surface area contributed by atoms with E-state index in [4.69, 9.17) is 5.84 Å². The van der Waals surface area contributed by atoms with Crippen molar-refractivity contribution in [3.8, 4) is 0 Å². The van der Waals surface area contributed by atoms with Crippen molar-refractivity contribution < 1.29 is 5.11 Å². The SMILES string of the molecule is CC(C)(CO)Nc1nc(NN)nc2sccc12. The summed E-state index contributed by atoms with van der Waals surface area (Å²) in [6, 6.07) is 1.94. The van der Waals surface area contributed by atoms with Crippen molar-refractivity contribution in [3.05, 3.63) is 11.4 Å². The summed E-state index contributed by atoms with van der Waals surface area (Å²) in [7, 11) is 0. The summed E-state index contributed by atoms with van der Waals surface area (Å²) < 4.78 is 0. The van der Waals surface area contributed by atoms with Gasteiger partial charge in [0.1, 0.15) is 10.6 Å². The lowest BCUT2D eigenvalue weighted by Gasteiger charge is -2.24. The molecule has 0 saturated heterocycles. The number of hydrazine groups is 1. The van der Waals surface area contributed by atoms with Crippen molar-refractivity contribution >= 4 is 33.3 Å². The Hall–Kier alpha value is -1.44. The van der Waals surface area contributed by atoms with Crippen molar-refractivity contribution in [2.45, 2.75) is 19.4 Å². The number of nitrogens with zero attached hydrogens (tertiary/aromatic N) is 2. The highest BCUT2D eigenvalue weighted by Gasteiger charge is 2.19. The number of hydrogen-bond donors (Lipinski definition) is 4. The van der Waals surface area contributed by atoms with Crippen LogP contribution in [-0.2, 0) is 0 Å². The van der Waals surface area contributed by atoms with Gasteiger partial charge in [-0.25, -0.2) is 10.8 Å².